The number of hydrogen-bond acceptors (Lipinski definition) is 1. The number of hydrogen-bond donors (Lipinski definition) is 0. The summed E-state index contributed by atoms with van der Waals surface area (Å²) < 4.78 is 4.86. The fourth-order valence-corrected chi connectivity index (χ4v) is 10.2. The molecule has 0 aliphatic rings. The van der Waals surface area contributed by atoms with Gasteiger partial charge in [-0.2, -0.15) is 0 Å². The first-order valence-corrected chi connectivity index (χ1v) is 22.0. The Kier molecular flexibility index (Phi) is 8.22. The first-order chi connectivity index (χ1) is 31.7. The highest BCUT2D eigenvalue weighted by molar-refractivity contribution is 6.32. The molecule has 3 aromatic heterocycles. The number of pyridine rings is 1. The van der Waals surface area contributed by atoms with E-state index in [2.05, 4.69) is 246 Å². The molecule has 0 radical (unpaired) electrons. The summed E-state index contributed by atoms with van der Waals surface area (Å²) in [5, 5.41) is 10.1. The van der Waals surface area contributed by atoms with Crippen LogP contribution in [-0.4, -0.2) is 14.1 Å². The Morgan fingerprint density at radius 1 is 0.250 bits per heavy atom. The molecule has 64 heavy (non-hydrogen) atoms. The molecule has 0 saturated heterocycles. The Balaban J connectivity index is 0.975. The number of para-hydroxylation sites is 2. The van der Waals surface area contributed by atoms with Crippen molar-refractivity contribution in [2.45, 2.75) is 0 Å². The second kappa shape index (κ2) is 14.5. The Morgan fingerprint density at radius 2 is 0.656 bits per heavy atom. The van der Waals surface area contributed by atoms with E-state index in [-0.39, 0.29) is 0 Å². The normalized spacial score (nSPS) is 11.8. The van der Waals surface area contributed by atoms with E-state index in [0.29, 0.717) is 0 Å². The van der Waals surface area contributed by atoms with Crippen molar-refractivity contribution in [1.82, 2.24) is 14.1 Å². The summed E-state index contributed by atoms with van der Waals surface area (Å²) in [6.45, 7) is 0. The van der Waals surface area contributed by atoms with Gasteiger partial charge in [0.25, 0.3) is 0 Å². The van der Waals surface area contributed by atoms with Gasteiger partial charge in [0.1, 0.15) is 0 Å². The Bertz CT molecular complexity index is 3840. The highest BCUT2D eigenvalue weighted by Gasteiger charge is 2.20. The minimum absolute atomic E-state index is 0.960. The van der Waals surface area contributed by atoms with Crippen LogP contribution in [0.25, 0.3) is 121 Å². The Morgan fingerprint density at radius 3 is 1.23 bits per heavy atom. The monoisotopic (exact) mass is 813 g/mol. The number of aromatic nitrogens is 3. The predicted octanol–water partition coefficient (Wildman–Crippen LogP) is 16.3. The van der Waals surface area contributed by atoms with E-state index < -0.39 is 0 Å². The molecule has 10 aromatic carbocycles. The zero-order chi connectivity index (χ0) is 42.1. The molecule has 0 aliphatic heterocycles. The van der Waals surface area contributed by atoms with Crippen molar-refractivity contribution in [2.75, 3.05) is 0 Å². The number of rotatable bonds is 6. The fourth-order valence-electron chi connectivity index (χ4n) is 10.2. The molecule has 3 heteroatoms. The van der Waals surface area contributed by atoms with E-state index in [1.807, 2.05) is 0 Å². The third-order valence-corrected chi connectivity index (χ3v) is 13.1. The average molecular weight is 814 g/mol. The molecule has 0 spiro atoms. The lowest BCUT2D eigenvalue weighted by atomic mass is 9.95. The van der Waals surface area contributed by atoms with Gasteiger partial charge >= 0.3 is 0 Å². The van der Waals surface area contributed by atoms with Crippen LogP contribution in [0, 0.1) is 0 Å². The van der Waals surface area contributed by atoms with Crippen molar-refractivity contribution in [3.63, 3.8) is 0 Å². The number of benzene rings is 10. The molecule has 0 aliphatic carbocycles. The van der Waals surface area contributed by atoms with Gasteiger partial charge in [-0.25, -0.2) is 4.98 Å². The lowest BCUT2D eigenvalue weighted by molar-refractivity contribution is 1.18. The highest BCUT2D eigenvalue weighted by Crippen LogP contribution is 2.44. The largest absolute Gasteiger partial charge is 0.309 e. The summed E-state index contributed by atoms with van der Waals surface area (Å²) >= 11 is 0. The van der Waals surface area contributed by atoms with Crippen LogP contribution in [0.1, 0.15) is 0 Å². The van der Waals surface area contributed by atoms with E-state index in [1.165, 1.54) is 76.3 Å². The standard InChI is InChI=1S/C61H39N3/c1-4-14-40(15-5-1)41-24-30-48(31-25-41)64-56-23-13-11-21-52(56)61-58(64)36-29-45-28-34-50-49(59(45)61)35-37-57-60(50)51-20-10-12-22-55(51)63(57)47-32-26-42(27-33-47)46-38-53(43-16-6-2-7-17-43)62-54(39-46)44-18-8-3-9-19-44/h1-39H. The molecule has 0 amide bonds. The van der Waals surface area contributed by atoms with Crippen LogP contribution in [-0.2, 0) is 0 Å². The summed E-state index contributed by atoms with van der Waals surface area (Å²) in [5.41, 5.74) is 15.9. The quantitative estimate of drug-likeness (QED) is 0.153. The molecule has 0 N–H and O–H groups in total. The summed E-state index contributed by atoms with van der Waals surface area (Å²) in [4.78, 5) is 5.12. The predicted molar refractivity (Wildman–Crippen MR) is 270 cm³/mol. The minimum Gasteiger partial charge on any atom is -0.309 e. The third kappa shape index (κ3) is 5.72. The molecule has 3 heterocycles. The van der Waals surface area contributed by atoms with Crippen LogP contribution in [0.2, 0.25) is 0 Å². The van der Waals surface area contributed by atoms with Gasteiger partial charge in [-0.3, -0.25) is 0 Å². The Hall–Kier alpha value is -8.53. The van der Waals surface area contributed by atoms with E-state index >= 15 is 0 Å². The van der Waals surface area contributed by atoms with Gasteiger partial charge in [-0.05, 0) is 104 Å². The van der Waals surface area contributed by atoms with Crippen LogP contribution >= 0.6 is 0 Å². The molecule has 0 atom stereocenters. The van der Waals surface area contributed by atoms with Crippen molar-refractivity contribution >= 4 is 65.2 Å². The zero-order valence-corrected chi connectivity index (χ0v) is 34.9. The van der Waals surface area contributed by atoms with Gasteiger partial charge in [0.05, 0.1) is 33.5 Å². The average Bonchev–Trinajstić information content (AvgIpc) is 3.90. The molecule has 3 nitrogen and oxygen atoms in total. The maximum Gasteiger partial charge on any atom is 0.0715 e. The topological polar surface area (TPSA) is 22.8 Å². The van der Waals surface area contributed by atoms with Crippen molar-refractivity contribution in [3.8, 4) is 56.1 Å². The van der Waals surface area contributed by atoms with Crippen molar-refractivity contribution < 1.29 is 0 Å². The lowest BCUT2D eigenvalue weighted by Gasteiger charge is -2.13. The SMILES string of the molecule is c1ccc(-c2ccc(-n3c4ccccc4c4c5c(ccc6c5ccc5c6c6ccccc6n5-c5ccc(-c6cc(-c7ccccc7)nc(-c7ccccc7)c6)cc5)ccc43)cc2)cc1. The molecule has 298 valence electrons. The molecule has 13 rings (SSSR count). The van der Waals surface area contributed by atoms with E-state index in [9.17, 15) is 0 Å². The number of nitrogens with zero attached hydrogens (tertiary/aromatic N) is 3. The van der Waals surface area contributed by atoms with Gasteiger partial charge in [0.15, 0.2) is 0 Å². The van der Waals surface area contributed by atoms with Crippen molar-refractivity contribution in [3.05, 3.63) is 237 Å². The van der Waals surface area contributed by atoms with Crippen molar-refractivity contribution in [2.24, 2.45) is 0 Å². The van der Waals surface area contributed by atoms with E-state index in [1.54, 1.807) is 0 Å². The maximum absolute atomic E-state index is 5.12. The fraction of sp³-hybridized carbons (Fsp3) is 0. The smallest absolute Gasteiger partial charge is 0.0715 e. The maximum atomic E-state index is 5.12. The van der Waals surface area contributed by atoms with Gasteiger partial charge in [0.2, 0.25) is 0 Å². The van der Waals surface area contributed by atoms with E-state index in [0.717, 1.165) is 45.0 Å². The Labute approximate surface area is 370 Å². The zero-order valence-electron chi connectivity index (χ0n) is 34.9. The van der Waals surface area contributed by atoms with Crippen LogP contribution < -0.4 is 0 Å². The molecule has 13 aromatic rings. The van der Waals surface area contributed by atoms with Crippen LogP contribution in [0.4, 0.5) is 0 Å². The van der Waals surface area contributed by atoms with Crippen LogP contribution in [0.3, 0.4) is 0 Å². The summed E-state index contributed by atoms with van der Waals surface area (Å²) in [6, 6.07) is 85.7. The lowest BCUT2D eigenvalue weighted by Crippen LogP contribution is -1.95. The van der Waals surface area contributed by atoms with E-state index in [4.69, 9.17) is 4.98 Å². The van der Waals surface area contributed by atoms with Crippen molar-refractivity contribution in [1.29, 1.82) is 0 Å². The molecule has 0 unspecified atom stereocenters. The molecular formula is C61H39N3. The summed E-state index contributed by atoms with van der Waals surface area (Å²) in [5.74, 6) is 0. The van der Waals surface area contributed by atoms with Gasteiger partial charge < -0.3 is 9.13 Å². The summed E-state index contributed by atoms with van der Waals surface area (Å²) in [6.07, 6.45) is 0. The van der Waals surface area contributed by atoms with Crippen LogP contribution in [0.5, 0.6) is 0 Å². The van der Waals surface area contributed by atoms with Crippen LogP contribution in [0.15, 0.2) is 237 Å². The summed E-state index contributed by atoms with van der Waals surface area (Å²) in [7, 11) is 0. The van der Waals surface area contributed by atoms with Gasteiger partial charge in [-0.15, -0.1) is 0 Å². The minimum atomic E-state index is 0.960. The second-order valence-corrected chi connectivity index (χ2v) is 16.7. The molecule has 0 bridgehead atoms. The molecular weight excluding hydrogens is 775 g/mol. The first kappa shape index (κ1) is 36.2. The third-order valence-electron chi connectivity index (χ3n) is 13.1. The number of fused-ring (bicyclic) bond motifs is 11. The van der Waals surface area contributed by atoms with Gasteiger partial charge in [0, 0.05) is 44.0 Å². The second-order valence-electron chi connectivity index (χ2n) is 16.7. The van der Waals surface area contributed by atoms with Gasteiger partial charge in [-0.1, -0.05) is 176 Å². The highest BCUT2D eigenvalue weighted by atomic mass is 15.0. The molecule has 0 saturated carbocycles. The first-order valence-electron chi connectivity index (χ1n) is 22.0. The molecule has 0 fully saturated rings.